The average Bonchev–Trinajstić information content (AvgIpc) is 2.65. The van der Waals surface area contributed by atoms with Gasteiger partial charge in [0.25, 0.3) is 0 Å². The van der Waals surface area contributed by atoms with Gasteiger partial charge in [0.15, 0.2) is 0 Å². The Hall–Kier alpha value is -2.06. The predicted octanol–water partition coefficient (Wildman–Crippen LogP) is 3.69. The molecule has 0 unspecified atom stereocenters. The Morgan fingerprint density at radius 2 is 1.59 bits per heavy atom. The van der Waals surface area contributed by atoms with E-state index in [4.69, 9.17) is 0 Å². The topological polar surface area (TPSA) is 58.2 Å². The quantitative estimate of drug-likeness (QED) is 0.587. The molecular formula is C19H20F2N2O2S2. The third-order valence-corrected chi connectivity index (χ3v) is 5.32. The van der Waals surface area contributed by atoms with Crippen molar-refractivity contribution in [2.24, 2.45) is 0 Å². The third kappa shape index (κ3) is 8.45. The fraction of sp³-hybridized carbons (Fsp3) is 0.263. The molecule has 4 nitrogen and oxygen atoms in total. The summed E-state index contributed by atoms with van der Waals surface area (Å²) in [5.41, 5.74) is 1.16. The molecule has 0 aliphatic carbocycles. The molecule has 0 fully saturated rings. The lowest BCUT2D eigenvalue weighted by Crippen LogP contribution is -2.28. The number of rotatable bonds is 10. The SMILES string of the molecule is O=C(CSCC(=O)Nc1ccc(F)cc1)NCCSCc1ccccc1F. The first-order valence-electron chi connectivity index (χ1n) is 8.25. The summed E-state index contributed by atoms with van der Waals surface area (Å²) in [6.07, 6.45) is 0. The molecule has 0 saturated heterocycles. The maximum atomic E-state index is 13.5. The Balaban J connectivity index is 1.52. The summed E-state index contributed by atoms with van der Waals surface area (Å²) in [5.74, 6) is 0.551. The van der Waals surface area contributed by atoms with Crippen LogP contribution < -0.4 is 10.6 Å². The van der Waals surface area contributed by atoms with Gasteiger partial charge < -0.3 is 10.6 Å². The highest BCUT2D eigenvalue weighted by molar-refractivity contribution is 8.00. The van der Waals surface area contributed by atoms with Gasteiger partial charge >= 0.3 is 0 Å². The van der Waals surface area contributed by atoms with Gasteiger partial charge in [-0.25, -0.2) is 8.78 Å². The molecule has 27 heavy (non-hydrogen) atoms. The number of benzene rings is 2. The highest BCUT2D eigenvalue weighted by Gasteiger charge is 2.06. The monoisotopic (exact) mass is 410 g/mol. The number of nitrogens with one attached hydrogen (secondary N) is 2. The van der Waals surface area contributed by atoms with E-state index < -0.39 is 0 Å². The van der Waals surface area contributed by atoms with E-state index in [-0.39, 0.29) is 35.0 Å². The zero-order valence-electron chi connectivity index (χ0n) is 14.5. The van der Waals surface area contributed by atoms with Gasteiger partial charge in [-0.2, -0.15) is 11.8 Å². The molecule has 0 saturated carbocycles. The molecule has 2 aromatic carbocycles. The van der Waals surface area contributed by atoms with Gasteiger partial charge in [-0.1, -0.05) is 18.2 Å². The van der Waals surface area contributed by atoms with E-state index >= 15 is 0 Å². The molecular weight excluding hydrogens is 390 g/mol. The number of carbonyl (C=O) groups excluding carboxylic acids is 2. The smallest absolute Gasteiger partial charge is 0.234 e. The maximum absolute atomic E-state index is 13.5. The van der Waals surface area contributed by atoms with E-state index in [9.17, 15) is 18.4 Å². The van der Waals surface area contributed by atoms with E-state index in [1.165, 1.54) is 42.1 Å². The van der Waals surface area contributed by atoms with Crippen molar-refractivity contribution >= 4 is 41.0 Å². The second kappa shape index (κ2) is 11.6. The van der Waals surface area contributed by atoms with Crippen LogP contribution >= 0.6 is 23.5 Å². The first kappa shape index (κ1) is 21.2. The fourth-order valence-electron chi connectivity index (χ4n) is 2.08. The zero-order valence-corrected chi connectivity index (χ0v) is 16.2. The Morgan fingerprint density at radius 3 is 2.33 bits per heavy atom. The molecule has 2 amide bonds. The number of carbonyl (C=O) groups is 2. The lowest BCUT2D eigenvalue weighted by molar-refractivity contribution is -0.118. The molecule has 2 N–H and O–H groups in total. The molecule has 0 bridgehead atoms. The standard InChI is InChI=1S/C19H20F2N2O2S2/c20-15-5-7-16(8-6-15)23-19(25)13-27-12-18(24)22-9-10-26-11-14-3-1-2-4-17(14)21/h1-8H,9-13H2,(H,22,24)(H,23,25). The minimum atomic E-state index is -0.369. The van der Waals surface area contributed by atoms with Gasteiger partial charge in [0, 0.05) is 23.7 Å². The number of amides is 2. The summed E-state index contributed by atoms with van der Waals surface area (Å²) in [5, 5.41) is 5.40. The van der Waals surface area contributed by atoms with Crippen LogP contribution in [0.1, 0.15) is 5.56 Å². The summed E-state index contributed by atoms with van der Waals surface area (Å²) >= 11 is 2.74. The van der Waals surface area contributed by atoms with E-state index in [0.717, 1.165) is 0 Å². The van der Waals surface area contributed by atoms with Crippen LogP contribution in [-0.4, -0.2) is 35.6 Å². The van der Waals surface area contributed by atoms with E-state index in [1.54, 1.807) is 30.0 Å². The maximum Gasteiger partial charge on any atom is 0.234 e. The summed E-state index contributed by atoms with van der Waals surface area (Å²) in [7, 11) is 0. The number of thioether (sulfide) groups is 2. The van der Waals surface area contributed by atoms with Crippen LogP contribution in [0.3, 0.4) is 0 Å². The van der Waals surface area contributed by atoms with Crippen LogP contribution in [0.2, 0.25) is 0 Å². The van der Waals surface area contributed by atoms with Crippen LogP contribution in [0.5, 0.6) is 0 Å². The minimum absolute atomic E-state index is 0.132. The van der Waals surface area contributed by atoms with Crippen molar-refractivity contribution in [3.8, 4) is 0 Å². The molecule has 0 aliphatic heterocycles. The Labute approximate surface area is 165 Å². The van der Waals surface area contributed by atoms with Gasteiger partial charge in [-0.05, 0) is 35.9 Å². The van der Waals surface area contributed by atoms with Crippen LogP contribution in [0.15, 0.2) is 48.5 Å². The van der Waals surface area contributed by atoms with Crippen molar-refractivity contribution < 1.29 is 18.4 Å². The van der Waals surface area contributed by atoms with Crippen LogP contribution in [0.4, 0.5) is 14.5 Å². The molecule has 144 valence electrons. The second-order valence-corrected chi connectivity index (χ2v) is 7.63. The van der Waals surface area contributed by atoms with Crippen molar-refractivity contribution in [3.63, 3.8) is 0 Å². The third-order valence-electron chi connectivity index (χ3n) is 3.38. The Kier molecular flexibility index (Phi) is 9.13. The lowest BCUT2D eigenvalue weighted by Gasteiger charge is -2.07. The zero-order chi connectivity index (χ0) is 19.5. The van der Waals surface area contributed by atoms with Crippen molar-refractivity contribution in [3.05, 3.63) is 65.7 Å². The highest BCUT2D eigenvalue weighted by atomic mass is 32.2. The van der Waals surface area contributed by atoms with Gasteiger partial charge in [0.05, 0.1) is 11.5 Å². The molecule has 2 aromatic rings. The van der Waals surface area contributed by atoms with Gasteiger partial charge in [0.1, 0.15) is 11.6 Å². The molecule has 2 rings (SSSR count). The van der Waals surface area contributed by atoms with Crippen LogP contribution in [0, 0.1) is 11.6 Å². The summed E-state index contributed by atoms with van der Waals surface area (Å²) in [4.78, 5) is 23.5. The number of hydrogen-bond donors (Lipinski definition) is 2. The van der Waals surface area contributed by atoms with Crippen molar-refractivity contribution in [2.75, 3.05) is 29.1 Å². The van der Waals surface area contributed by atoms with Crippen molar-refractivity contribution in [1.82, 2.24) is 5.32 Å². The minimum Gasteiger partial charge on any atom is -0.355 e. The van der Waals surface area contributed by atoms with Crippen molar-refractivity contribution in [2.45, 2.75) is 5.75 Å². The number of hydrogen-bond acceptors (Lipinski definition) is 4. The van der Waals surface area contributed by atoms with Crippen LogP contribution in [-0.2, 0) is 15.3 Å². The van der Waals surface area contributed by atoms with Gasteiger partial charge in [-0.15, -0.1) is 11.8 Å². The normalized spacial score (nSPS) is 10.4. The Morgan fingerprint density at radius 1 is 0.889 bits per heavy atom. The summed E-state index contributed by atoms with van der Waals surface area (Å²) in [6, 6.07) is 12.1. The molecule has 0 aromatic heterocycles. The van der Waals surface area contributed by atoms with E-state index in [2.05, 4.69) is 10.6 Å². The van der Waals surface area contributed by atoms with Crippen LogP contribution in [0.25, 0.3) is 0 Å². The molecule has 0 spiro atoms. The summed E-state index contributed by atoms with van der Waals surface area (Å²) < 4.78 is 26.2. The summed E-state index contributed by atoms with van der Waals surface area (Å²) in [6.45, 7) is 0.486. The molecule has 0 atom stereocenters. The van der Waals surface area contributed by atoms with Crippen molar-refractivity contribution in [1.29, 1.82) is 0 Å². The number of halogens is 2. The molecule has 8 heteroatoms. The predicted molar refractivity (Wildman–Crippen MR) is 108 cm³/mol. The van der Waals surface area contributed by atoms with E-state index in [1.807, 2.05) is 0 Å². The average molecular weight is 411 g/mol. The molecule has 0 aliphatic rings. The Bertz CT molecular complexity index is 758. The first-order chi connectivity index (χ1) is 13.0. The van der Waals surface area contributed by atoms with Gasteiger partial charge in [-0.3, -0.25) is 9.59 Å². The van der Waals surface area contributed by atoms with Gasteiger partial charge in [0.2, 0.25) is 11.8 Å². The molecule has 0 heterocycles. The molecule has 0 radical (unpaired) electrons. The lowest BCUT2D eigenvalue weighted by atomic mass is 10.2. The largest absolute Gasteiger partial charge is 0.355 e. The fourth-order valence-corrected chi connectivity index (χ4v) is 3.57. The number of anilines is 1. The second-order valence-electron chi connectivity index (χ2n) is 5.54. The van der Waals surface area contributed by atoms with E-state index in [0.29, 0.717) is 29.3 Å². The first-order valence-corrected chi connectivity index (χ1v) is 10.6. The highest BCUT2D eigenvalue weighted by Crippen LogP contribution is 2.14.